The zero-order valence-corrected chi connectivity index (χ0v) is 14.3. The maximum absolute atomic E-state index is 9.22. The number of nitrogens with zero attached hydrogens (tertiary/aromatic N) is 3. The monoisotopic (exact) mass is 380 g/mol. The molecule has 3 rings (SSSR count). The van der Waals surface area contributed by atoms with Gasteiger partial charge in [0.05, 0.1) is 13.2 Å². The van der Waals surface area contributed by atoms with Crippen molar-refractivity contribution in [3.05, 3.63) is 22.5 Å². The van der Waals surface area contributed by atoms with Gasteiger partial charge in [-0.25, -0.2) is 0 Å². The highest BCUT2D eigenvalue weighted by Crippen LogP contribution is 2.28. The minimum Gasteiger partial charge on any atom is -0.444 e. The lowest BCUT2D eigenvalue weighted by atomic mass is 10.2. The Morgan fingerprint density at radius 1 is 1.39 bits per heavy atom. The summed E-state index contributed by atoms with van der Waals surface area (Å²) in [5.41, 5.74) is 0.224. The number of furan rings is 1. The van der Waals surface area contributed by atoms with Crippen LogP contribution in [0.4, 0.5) is 5.88 Å². The van der Waals surface area contributed by atoms with Crippen LogP contribution in [0.2, 0.25) is 0 Å². The second kappa shape index (κ2) is 7.17. The van der Waals surface area contributed by atoms with E-state index in [1.54, 1.807) is 12.1 Å². The maximum atomic E-state index is 9.22. The van der Waals surface area contributed by atoms with Crippen molar-refractivity contribution in [1.82, 2.24) is 9.88 Å². The molecule has 0 bridgehead atoms. The van der Waals surface area contributed by atoms with Gasteiger partial charge in [-0.05, 0) is 35.0 Å². The van der Waals surface area contributed by atoms with Crippen molar-refractivity contribution in [3.63, 3.8) is 0 Å². The normalized spacial score (nSPS) is 16.9. The van der Waals surface area contributed by atoms with Crippen molar-refractivity contribution >= 4 is 21.8 Å². The molecule has 2 aromatic heterocycles. The van der Waals surface area contributed by atoms with Gasteiger partial charge in [-0.1, -0.05) is 0 Å². The number of morpholine rings is 1. The lowest BCUT2D eigenvalue weighted by Crippen LogP contribution is -2.45. The number of oxazole rings is 1. The summed E-state index contributed by atoms with van der Waals surface area (Å²) in [6.45, 7) is 6.13. The smallest absolute Gasteiger partial charge is 0.266 e. The Labute approximate surface area is 142 Å². The Morgan fingerprint density at radius 2 is 2.17 bits per heavy atom. The van der Waals surface area contributed by atoms with E-state index in [4.69, 9.17) is 13.6 Å². The number of rotatable bonds is 5. The zero-order chi connectivity index (χ0) is 16.2. The van der Waals surface area contributed by atoms with E-state index in [0.717, 1.165) is 26.3 Å². The summed E-state index contributed by atoms with van der Waals surface area (Å²) in [6.07, 6.45) is 0. The number of nitrogens with one attached hydrogen (secondary N) is 1. The van der Waals surface area contributed by atoms with Crippen LogP contribution in [0.15, 0.2) is 25.6 Å². The molecule has 1 atom stereocenters. The minimum absolute atomic E-state index is 0.224. The van der Waals surface area contributed by atoms with Crippen LogP contribution < -0.4 is 5.32 Å². The molecule has 0 spiro atoms. The number of aromatic nitrogens is 1. The van der Waals surface area contributed by atoms with Crippen molar-refractivity contribution in [1.29, 1.82) is 5.26 Å². The molecule has 2 aromatic rings. The summed E-state index contributed by atoms with van der Waals surface area (Å²) >= 11 is 3.23. The van der Waals surface area contributed by atoms with Gasteiger partial charge in [0.15, 0.2) is 10.4 Å². The number of nitriles is 1. The Kier molecular flexibility index (Phi) is 5.00. The molecular weight excluding hydrogens is 364 g/mol. The van der Waals surface area contributed by atoms with Crippen molar-refractivity contribution in [2.75, 3.05) is 38.2 Å². The number of halogens is 1. The highest BCUT2D eigenvalue weighted by Gasteiger charge is 2.20. The Balaban J connectivity index is 1.67. The number of hydrogen-bond acceptors (Lipinski definition) is 7. The molecule has 1 fully saturated rings. The van der Waals surface area contributed by atoms with Crippen molar-refractivity contribution < 1.29 is 13.6 Å². The first-order valence-electron chi connectivity index (χ1n) is 7.39. The molecule has 23 heavy (non-hydrogen) atoms. The largest absolute Gasteiger partial charge is 0.444 e. The predicted molar refractivity (Wildman–Crippen MR) is 87.0 cm³/mol. The van der Waals surface area contributed by atoms with E-state index in [2.05, 4.69) is 38.1 Å². The topological polar surface area (TPSA) is 87.5 Å². The summed E-state index contributed by atoms with van der Waals surface area (Å²) in [5, 5.41) is 12.4. The van der Waals surface area contributed by atoms with Crippen LogP contribution in [0.1, 0.15) is 12.6 Å². The molecule has 0 amide bonds. The summed E-state index contributed by atoms with van der Waals surface area (Å²) in [6, 6.07) is 5.83. The zero-order valence-electron chi connectivity index (χ0n) is 12.7. The fourth-order valence-corrected chi connectivity index (χ4v) is 2.74. The Morgan fingerprint density at radius 3 is 2.83 bits per heavy atom. The molecule has 1 saturated heterocycles. The van der Waals surface area contributed by atoms with E-state index in [9.17, 15) is 5.26 Å². The van der Waals surface area contributed by atoms with Crippen LogP contribution in [0, 0.1) is 11.3 Å². The average Bonchev–Trinajstić information content (AvgIpc) is 3.19. The van der Waals surface area contributed by atoms with E-state index in [1.165, 1.54) is 0 Å². The quantitative estimate of drug-likeness (QED) is 0.852. The van der Waals surface area contributed by atoms with Crippen LogP contribution in [0.3, 0.4) is 0 Å². The van der Waals surface area contributed by atoms with E-state index in [0.29, 0.717) is 28.9 Å². The Hall–Kier alpha value is -1.82. The summed E-state index contributed by atoms with van der Waals surface area (Å²) in [5.74, 6) is 1.13. The maximum Gasteiger partial charge on any atom is 0.266 e. The number of anilines is 1. The third-order valence-electron chi connectivity index (χ3n) is 3.74. The van der Waals surface area contributed by atoms with E-state index < -0.39 is 0 Å². The van der Waals surface area contributed by atoms with Gasteiger partial charge in [0, 0.05) is 25.7 Å². The third kappa shape index (κ3) is 3.75. The molecule has 3 heterocycles. The number of hydrogen-bond donors (Lipinski definition) is 1. The second-order valence-corrected chi connectivity index (χ2v) is 6.07. The van der Waals surface area contributed by atoms with Gasteiger partial charge in [0.25, 0.3) is 5.89 Å². The van der Waals surface area contributed by atoms with Crippen molar-refractivity contribution in [2.45, 2.75) is 13.0 Å². The van der Waals surface area contributed by atoms with Crippen LogP contribution >= 0.6 is 15.9 Å². The molecule has 0 radical (unpaired) electrons. The molecule has 0 aliphatic carbocycles. The van der Waals surface area contributed by atoms with Gasteiger partial charge in [-0.3, -0.25) is 4.90 Å². The highest BCUT2D eigenvalue weighted by atomic mass is 79.9. The SMILES string of the molecule is CC(CNc1oc(-c2ccc(Br)o2)nc1C#N)N1CCOCC1. The summed E-state index contributed by atoms with van der Waals surface area (Å²) in [4.78, 5) is 6.50. The molecule has 1 aliphatic rings. The highest BCUT2D eigenvalue weighted by molar-refractivity contribution is 9.10. The van der Waals surface area contributed by atoms with E-state index >= 15 is 0 Å². The third-order valence-corrected chi connectivity index (χ3v) is 4.17. The van der Waals surface area contributed by atoms with Gasteiger partial charge in [-0.15, -0.1) is 0 Å². The standard InChI is InChI=1S/C15H17BrN4O3/c1-10(20-4-6-21-7-5-20)9-18-14-11(8-17)19-15(23-14)12-2-3-13(16)22-12/h2-3,10,18H,4-7,9H2,1H3. The molecule has 0 aromatic carbocycles. The average molecular weight is 381 g/mol. The minimum atomic E-state index is 0.224. The van der Waals surface area contributed by atoms with Gasteiger partial charge < -0.3 is 18.9 Å². The van der Waals surface area contributed by atoms with Gasteiger partial charge >= 0.3 is 0 Å². The fraction of sp³-hybridized carbons (Fsp3) is 0.467. The van der Waals surface area contributed by atoms with E-state index in [1.807, 2.05) is 6.07 Å². The molecule has 7 nitrogen and oxygen atoms in total. The lowest BCUT2D eigenvalue weighted by molar-refractivity contribution is 0.0226. The van der Waals surface area contributed by atoms with Crippen molar-refractivity contribution in [2.24, 2.45) is 0 Å². The first kappa shape index (κ1) is 16.1. The van der Waals surface area contributed by atoms with Gasteiger partial charge in [0.2, 0.25) is 11.6 Å². The first-order valence-corrected chi connectivity index (χ1v) is 8.19. The predicted octanol–water partition coefficient (Wildman–Crippen LogP) is 2.70. The molecule has 1 aliphatic heterocycles. The second-order valence-electron chi connectivity index (χ2n) is 5.29. The number of ether oxygens (including phenoxy) is 1. The molecule has 1 N–H and O–H groups in total. The van der Waals surface area contributed by atoms with Crippen molar-refractivity contribution in [3.8, 4) is 17.7 Å². The molecule has 8 heteroatoms. The fourth-order valence-electron chi connectivity index (χ4n) is 2.44. The first-order chi connectivity index (χ1) is 11.2. The molecule has 0 saturated carbocycles. The van der Waals surface area contributed by atoms with Crippen LogP contribution in [0.25, 0.3) is 11.7 Å². The van der Waals surface area contributed by atoms with Gasteiger partial charge in [0.1, 0.15) is 6.07 Å². The van der Waals surface area contributed by atoms with Crippen LogP contribution in [-0.2, 0) is 4.74 Å². The molecular formula is C15H17BrN4O3. The van der Waals surface area contributed by atoms with Crippen LogP contribution in [-0.4, -0.2) is 48.8 Å². The van der Waals surface area contributed by atoms with E-state index in [-0.39, 0.29) is 11.6 Å². The summed E-state index contributed by atoms with van der Waals surface area (Å²) in [7, 11) is 0. The molecule has 122 valence electrons. The Bertz CT molecular complexity index is 700. The lowest BCUT2D eigenvalue weighted by Gasteiger charge is -2.32. The van der Waals surface area contributed by atoms with Crippen LogP contribution in [0.5, 0.6) is 0 Å². The molecule has 1 unspecified atom stereocenters. The summed E-state index contributed by atoms with van der Waals surface area (Å²) < 4.78 is 17.0. The van der Waals surface area contributed by atoms with Gasteiger partial charge in [-0.2, -0.15) is 10.2 Å².